The Kier molecular flexibility index (Phi) is 34.5. The molecule has 33 heavy (non-hydrogen) atoms. The molecule has 0 amide bonds. The van der Waals surface area contributed by atoms with E-state index in [0.29, 0.717) is 13.0 Å². The summed E-state index contributed by atoms with van der Waals surface area (Å²) < 4.78 is 5.39. The minimum atomic E-state index is 0. The smallest absolute Gasteiger partial charge is 1.00 e. The van der Waals surface area contributed by atoms with E-state index < -0.39 is 0 Å². The first-order valence-corrected chi connectivity index (χ1v) is 14.6. The minimum Gasteiger partial charge on any atom is -1.00 e. The molecule has 0 aromatic heterocycles. The molecule has 3 heteroatoms. The number of allylic oxidation sites excluding steroid dienone is 2. The van der Waals surface area contributed by atoms with Crippen molar-refractivity contribution < 1.29 is 40.5 Å². The van der Waals surface area contributed by atoms with Gasteiger partial charge in [0.25, 0.3) is 0 Å². The van der Waals surface area contributed by atoms with Crippen molar-refractivity contribution in [3.8, 4) is 0 Å². The van der Waals surface area contributed by atoms with E-state index in [2.05, 4.69) is 26.0 Å². The van der Waals surface area contributed by atoms with E-state index in [9.17, 15) is 4.79 Å². The van der Waals surface area contributed by atoms with E-state index in [0.717, 1.165) is 19.3 Å². The Morgan fingerprint density at radius 3 is 1.36 bits per heavy atom. The predicted molar refractivity (Wildman–Crippen MR) is 143 cm³/mol. The summed E-state index contributed by atoms with van der Waals surface area (Å²) in [5.74, 6) is 0.0125. The zero-order chi connectivity index (χ0) is 23.4. The summed E-state index contributed by atoms with van der Waals surface area (Å²) in [6.45, 7) is 5.17. The van der Waals surface area contributed by atoms with Gasteiger partial charge >= 0.3 is 35.5 Å². The molecule has 0 rings (SSSR count). The van der Waals surface area contributed by atoms with Gasteiger partial charge in [0.15, 0.2) is 0 Å². The van der Waals surface area contributed by atoms with Crippen molar-refractivity contribution in [3.63, 3.8) is 0 Å². The molecule has 0 unspecified atom stereocenters. The van der Waals surface area contributed by atoms with Crippen LogP contribution >= 0.6 is 0 Å². The largest absolute Gasteiger partial charge is 1.00 e. The van der Waals surface area contributed by atoms with Gasteiger partial charge < -0.3 is 6.16 Å². The number of carbonyl (C=O) groups is 1. The van der Waals surface area contributed by atoms with Gasteiger partial charge in [0.05, 0.1) is 6.61 Å². The number of hydrogen-bond acceptors (Lipinski definition) is 2. The normalized spacial score (nSPS) is 11.1. The Labute approximate surface area is 232 Å². The van der Waals surface area contributed by atoms with Gasteiger partial charge in [-0.25, -0.2) is 0 Å². The Hall–Kier alpha value is 0.210. The molecule has 0 saturated carbocycles. The average Bonchev–Trinajstić information content (AvgIpc) is 2.80. The number of carbonyl (C=O) groups excluding carboxylic acids is 1. The van der Waals surface area contributed by atoms with Crippen molar-refractivity contribution in [2.24, 2.45) is 0 Å². The van der Waals surface area contributed by atoms with Crippen molar-refractivity contribution in [1.82, 2.24) is 0 Å². The third-order valence-electron chi connectivity index (χ3n) is 6.40. The molecule has 0 aliphatic heterocycles. The van der Waals surface area contributed by atoms with Crippen LogP contribution in [0.5, 0.6) is 0 Å². The monoisotopic (exact) mass is 474 g/mol. The van der Waals surface area contributed by atoms with Gasteiger partial charge in [0.2, 0.25) is 0 Å². The molecule has 0 aromatic carbocycles. The second-order valence-corrected chi connectivity index (χ2v) is 9.74. The van der Waals surface area contributed by atoms with E-state index in [-0.39, 0.29) is 37.0 Å². The van der Waals surface area contributed by atoms with E-state index >= 15 is 0 Å². The molecule has 2 nitrogen and oxygen atoms in total. The average molecular weight is 475 g/mol. The zero-order valence-corrected chi connectivity index (χ0v) is 25.1. The maximum atomic E-state index is 11.8. The summed E-state index contributed by atoms with van der Waals surface area (Å²) >= 11 is 0. The SMILES string of the molecule is CCCCCCCC/C=C\CCCCCCCC(=O)OCCCCCCCCCCCC.[H-].[Na+]. The van der Waals surface area contributed by atoms with Gasteiger partial charge in [0, 0.05) is 6.42 Å². The third kappa shape index (κ3) is 32.2. The number of unbranched alkanes of at least 4 members (excludes halogenated alkanes) is 20. The van der Waals surface area contributed by atoms with Crippen LogP contribution in [0.15, 0.2) is 12.2 Å². The first-order valence-electron chi connectivity index (χ1n) is 14.6. The van der Waals surface area contributed by atoms with Crippen LogP contribution < -0.4 is 29.6 Å². The van der Waals surface area contributed by atoms with Crippen LogP contribution in [0.1, 0.15) is 169 Å². The first kappa shape index (κ1) is 35.4. The van der Waals surface area contributed by atoms with Gasteiger partial charge in [-0.2, -0.15) is 0 Å². The quantitative estimate of drug-likeness (QED) is 0.0558. The third-order valence-corrected chi connectivity index (χ3v) is 6.40. The summed E-state index contributed by atoms with van der Waals surface area (Å²) in [4.78, 5) is 11.8. The van der Waals surface area contributed by atoms with Crippen LogP contribution in [-0.4, -0.2) is 12.6 Å². The van der Waals surface area contributed by atoms with Crippen molar-refractivity contribution in [1.29, 1.82) is 0 Å². The molecule has 0 atom stereocenters. The molecular weight excluding hydrogens is 415 g/mol. The molecule has 0 bridgehead atoms. The fourth-order valence-corrected chi connectivity index (χ4v) is 4.19. The Morgan fingerprint density at radius 2 is 0.909 bits per heavy atom. The maximum absolute atomic E-state index is 11.8. The predicted octanol–water partition coefficient (Wildman–Crippen LogP) is 7.60. The number of ether oxygens (including phenoxy) is 1. The summed E-state index contributed by atoms with van der Waals surface area (Å²) in [5.41, 5.74) is 0. The number of rotatable bonds is 26. The number of hydrogen-bond donors (Lipinski definition) is 0. The molecular formula is C30H59NaO2. The van der Waals surface area contributed by atoms with Gasteiger partial charge in [-0.05, 0) is 38.5 Å². The Balaban J connectivity index is -0.00000480. The number of esters is 1. The zero-order valence-electron chi connectivity index (χ0n) is 24.1. The second-order valence-electron chi connectivity index (χ2n) is 9.74. The van der Waals surface area contributed by atoms with Crippen LogP contribution in [-0.2, 0) is 9.53 Å². The fraction of sp³-hybridized carbons (Fsp3) is 0.900. The molecule has 0 spiro atoms. The summed E-state index contributed by atoms with van der Waals surface area (Å²) in [6.07, 6.45) is 35.3. The molecule has 0 aliphatic rings. The second kappa shape index (κ2) is 32.2. The van der Waals surface area contributed by atoms with Crippen LogP contribution in [0.25, 0.3) is 0 Å². The van der Waals surface area contributed by atoms with Gasteiger partial charge in [-0.3, -0.25) is 4.79 Å². The van der Waals surface area contributed by atoms with Crippen molar-refractivity contribution >= 4 is 5.97 Å². The molecule has 0 radical (unpaired) electrons. The van der Waals surface area contributed by atoms with Crippen LogP contribution in [0.4, 0.5) is 0 Å². The van der Waals surface area contributed by atoms with Crippen LogP contribution in [0.3, 0.4) is 0 Å². The van der Waals surface area contributed by atoms with Crippen LogP contribution in [0, 0.1) is 0 Å². The summed E-state index contributed by atoms with van der Waals surface area (Å²) in [7, 11) is 0. The fourth-order valence-electron chi connectivity index (χ4n) is 4.19. The van der Waals surface area contributed by atoms with Crippen molar-refractivity contribution in [3.05, 3.63) is 12.2 Å². The van der Waals surface area contributed by atoms with E-state index in [1.165, 1.54) is 128 Å². The first-order chi connectivity index (χ1) is 15.8. The van der Waals surface area contributed by atoms with Crippen molar-refractivity contribution in [2.45, 2.75) is 168 Å². The van der Waals surface area contributed by atoms with E-state index in [4.69, 9.17) is 4.74 Å². The molecule has 0 N–H and O–H groups in total. The Bertz CT molecular complexity index is 401. The summed E-state index contributed by atoms with van der Waals surface area (Å²) in [5, 5.41) is 0. The standard InChI is InChI=1S/C30H58O2.Na.H/c1-3-5-7-9-11-13-15-16-17-18-19-20-22-24-26-28-30(31)32-29-27-25-23-21-14-12-10-8-6-4-2;;/h16-17H,3-15,18-29H2,1-2H3;;/q;+1;-1/b17-16-;;. The van der Waals surface area contributed by atoms with Crippen LogP contribution in [0.2, 0.25) is 0 Å². The van der Waals surface area contributed by atoms with E-state index in [1.807, 2.05) is 0 Å². The maximum Gasteiger partial charge on any atom is 1.00 e. The van der Waals surface area contributed by atoms with Gasteiger partial charge in [0.1, 0.15) is 0 Å². The van der Waals surface area contributed by atoms with E-state index in [1.54, 1.807) is 0 Å². The topological polar surface area (TPSA) is 26.3 Å². The molecule has 0 saturated heterocycles. The van der Waals surface area contributed by atoms with Crippen molar-refractivity contribution in [2.75, 3.05) is 6.61 Å². The molecule has 0 heterocycles. The molecule has 0 aliphatic carbocycles. The van der Waals surface area contributed by atoms with Gasteiger partial charge in [-0.15, -0.1) is 0 Å². The summed E-state index contributed by atoms with van der Waals surface area (Å²) in [6, 6.07) is 0. The molecule has 0 fully saturated rings. The molecule has 0 aromatic rings. The molecule has 192 valence electrons. The minimum absolute atomic E-state index is 0. The Morgan fingerprint density at radius 1 is 0.545 bits per heavy atom. The van der Waals surface area contributed by atoms with Gasteiger partial charge in [-0.1, -0.05) is 135 Å².